The molecule has 0 bridgehead atoms. The van der Waals surface area contributed by atoms with E-state index in [0.29, 0.717) is 17.1 Å². The zero-order valence-electron chi connectivity index (χ0n) is 11.7. The van der Waals surface area contributed by atoms with Crippen molar-refractivity contribution in [3.05, 3.63) is 29.8 Å². The standard InChI is InChI=1S/C14H17NO6/c1-20-11-5-3-9(7-12(11)21-2)4-6-13(17)15-10(8-16)14(18)19/h3-7,10,16H,8H2,1-2H3,(H,15,17)(H,18,19)/b6-4+. The second-order valence-corrected chi connectivity index (χ2v) is 4.03. The van der Waals surface area contributed by atoms with Gasteiger partial charge in [-0.2, -0.15) is 0 Å². The molecule has 1 amide bonds. The second kappa shape index (κ2) is 7.91. The summed E-state index contributed by atoms with van der Waals surface area (Å²) in [5.41, 5.74) is 0.679. The van der Waals surface area contributed by atoms with Crippen LogP contribution in [0.15, 0.2) is 24.3 Å². The number of amides is 1. The summed E-state index contributed by atoms with van der Waals surface area (Å²) in [6.07, 6.45) is 2.67. The van der Waals surface area contributed by atoms with Crippen molar-refractivity contribution in [3.8, 4) is 11.5 Å². The predicted molar refractivity (Wildman–Crippen MR) is 75.2 cm³/mol. The van der Waals surface area contributed by atoms with E-state index in [0.717, 1.165) is 0 Å². The first-order valence-electron chi connectivity index (χ1n) is 6.06. The Bertz CT molecular complexity index is 540. The molecule has 0 fully saturated rings. The summed E-state index contributed by atoms with van der Waals surface area (Å²) in [6, 6.07) is 3.74. The van der Waals surface area contributed by atoms with Gasteiger partial charge in [-0.15, -0.1) is 0 Å². The van der Waals surface area contributed by atoms with Crippen LogP contribution < -0.4 is 14.8 Å². The first kappa shape index (κ1) is 16.5. The summed E-state index contributed by atoms with van der Waals surface area (Å²) in [6.45, 7) is -0.675. The van der Waals surface area contributed by atoms with Crippen molar-refractivity contribution in [2.24, 2.45) is 0 Å². The number of aliphatic hydroxyl groups excluding tert-OH is 1. The highest BCUT2D eigenvalue weighted by Gasteiger charge is 2.17. The molecule has 0 spiro atoms. The summed E-state index contributed by atoms with van der Waals surface area (Å²) in [4.78, 5) is 22.2. The number of rotatable bonds is 7. The zero-order valence-corrected chi connectivity index (χ0v) is 11.7. The van der Waals surface area contributed by atoms with Gasteiger partial charge in [-0.25, -0.2) is 4.79 Å². The molecule has 0 aliphatic heterocycles. The Labute approximate surface area is 121 Å². The predicted octanol–water partition coefficient (Wildman–Crippen LogP) is 0.279. The SMILES string of the molecule is COc1ccc(/C=C/C(=O)NC(CO)C(=O)O)cc1OC. The molecule has 21 heavy (non-hydrogen) atoms. The molecule has 0 saturated heterocycles. The van der Waals surface area contributed by atoms with Gasteiger partial charge in [-0.05, 0) is 23.8 Å². The van der Waals surface area contributed by atoms with Crippen LogP contribution in [0.2, 0.25) is 0 Å². The average Bonchev–Trinajstić information content (AvgIpc) is 2.49. The van der Waals surface area contributed by atoms with E-state index in [4.69, 9.17) is 19.7 Å². The molecule has 1 aromatic rings. The highest BCUT2D eigenvalue weighted by molar-refractivity contribution is 5.94. The quantitative estimate of drug-likeness (QED) is 0.624. The van der Waals surface area contributed by atoms with Gasteiger partial charge in [0.05, 0.1) is 20.8 Å². The number of methoxy groups -OCH3 is 2. The lowest BCUT2D eigenvalue weighted by Crippen LogP contribution is -2.42. The zero-order chi connectivity index (χ0) is 15.8. The number of carboxylic acid groups (broad SMARTS) is 1. The van der Waals surface area contributed by atoms with Gasteiger partial charge in [0.25, 0.3) is 0 Å². The number of hydrogen-bond acceptors (Lipinski definition) is 5. The first-order valence-corrected chi connectivity index (χ1v) is 6.06. The molecule has 114 valence electrons. The molecule has 0 aliphatic rings. The molecule has 0 radical (unpaired) electrons. The van der Waals surface area contributed by atoms with Crippen molar-refractivity contribution < 1.29 is 29.3 Å². The third kappa shape index (κ3) is 4.81. The molecule has 7 nitrogen and oxygen atoms in total. The van der Waals surface area contributed by atoms with Crippen molar-refractivity contribution in [1.82, 2.24) is 5.32 Å². The molecule has 0 heterocycles. The molecule has 1 aromatic carbocycles. The van der Waals surface area contributed by atoms with Crippen molar-refractivity contribution in [2.45, 2.75) is 6.04 Å². The van der Waals surface area contributed by atoms with Crippen molar-refractivity contribution in [2.75, 3.05) is 20.8 Å². The normalized spacial score (nSPS) is 12.0. The van der Waals surface area contributed by atoms with Crippen molar-refractivity contribution in [1.29, 1.82) is 0 Å². The van der Waals surface area contributed by atoms with E-state index < -0.39 is 24.5 Å². The number of nitrogens with one attached hydrogen (secondary N) is 1. The molecular weight excluding hydrogens is 278 g/mol. The number of aliphatic hydroxyl groups is 1. The fourth-order valence-electron chi connectivity index (χ4n) is 1.53. The van der Waals surface area contributed by atoms with E-state index in [9.17, 15) is 9.59 Å². The minimum atomic E-state index is -1.33. The third-order valence-corrected chi connectivity index (χ3v) is 2.63. The van der Waals surface area contributed by atoms with E-state index >= 15 is 0 Å². The Morgan fingerprint density at radius 2 is 1.95 bits per heavy atom. The van der Waals surface area contributed by atoms with E-state index in [2.05, 4.69) is 5.32 Å². The van der Waals surface area contributed by atoms with Crippen LogP contribution in [0.3, 0.4) is 0 Å². The third-order valence-electron chi connectivity index (χ3n) is 2.63. The van der Waals surface area contributed by atoms with Crippen LogP contribution in [0, 0.1) is 0 Å². The van der Waals surface area contributed by atoms with Crippen LogP contribution >= 0.6 is 0 Å². The minimum Gasteiger partial charge on any atom is -0.493 e. The van der Waals surface area contributed by atoms with Gasteiger partial charge >= 0.3 is 5.97 Å². The van der Waals surface area contributed by atoms with E-state index in [1.807, 2.05) is 0 Å². The van der Waals surface area contributed by atoms with Crippen molar-refractivity contribution >= 4 is 18.0 Å². The first-order chi connectivity index (χ1) is 10.0. The van der Waals surface area contributed by atoms with Crippen LogP contribution in [0.5, 0.6) is 11.5 Å². The summed E-state index contributed by atoms with van der Waals surface area (Å²) < 4.78 is 10.2. The van der Waals surface area contributed by atoms with Gasteiger partial charge in [0.1, 0.15) is 0 Å². The van der Waals surface area contributed by atoms with Gasteiger partial charge in [0, 0.05) is 6.08 Å². The summed E-state index contributed by atoms with van der Waals surface area (Å²) in [5, 5.41) is 19.7. The maximum atomic E-state index is 11.5. The van der Waals surface area contributed by atoms with E-state index in [1.54, 1.807) is 18.2 Å². The maximum absolute atomic E-state index is 11.5. The number of carboxylic acids is 1. The number of benzene rings is 1. The Hall–Kier alpha value is -2.54. The minimum absolute atomic E-state index is 0.513. The second-order valence-electron chi connectivity index (χ2n) is 4.03. The Morgan fingerprint density at radius 3 is 2.48 bits per heavy atom. The lowest BCUT2D eigenvalue weighted by atomic mass is 10.2. The average molecular weight is 295 g/mol. The van der Waals surface area contributed by atoms with E-state index in [1.165, 1.54) is 26.4 Å². The molecule has 1 unspecified atom stereocenters. The molecule has 1 atom stereocenters. The Kier molecular flexibility index (Phi) is 6.22. The van der Waals surface area contributed by atoms with Crippen LogP contribution in [0.25, 0.3) is 6.08 Å². The highest BCUT2D eigenvalue weighted by atomic mass is 16.5. The fraction of sp³-hybridized carbons (Fsp3) is 0.286. The monoisotopic (exact) mass is 295 g/mol. The largest absolute Gasteiger partial charge is 0.493 e. The molecule has 3 N–H and O–H groups in total. The van der Waals surface area contributed by atoms with Gasteiger partial charge in [-0.3, -0.25) is 4.79 Å². The van der Waals surface area contributed by atoms with E-state index in [-0.39, 0.29) is 0 Å². The van der Waals surface area contributed by atoms with Gasteiger partial charge < -0.3 is 25.0 Å². The van der Waals surface area contributed by atoms with Crippen molar-refractivity contribution in [3.63, 3.8) is 0 Å². The number of carbonyl (C=O) groups excluding carboxylic acids is 1. The molecular formula is C14H17NO6. The van der Waals surface area contributed by atoms with Gasteiger partial charge in [-0.1, -0.05) is 6.07 Å². The summed E-state index contributed by atoms with van der Waals surface area (Å²) in [5.74, 6) is -0.847. The highest BCUT2D eigenvalue weighted by Crippen LogP contribution is 2.27. The number of ether oxygens (including phenoxy) is 2. The molecule has 7 heteroatoms. The molecule has 1 rings (SSSR count). The number of carbonyl (C=O) groups is 2. The lowest BCUT2D eigenvalue weighted by Gasteiger charge is -2.09. The molecule has 0 saturated carbocycles. The Morgan fingerprint density at radius 1 is 1.29 bits per heavy atom. The van der Waals surface area contributed by atoms with Crippen LogP contribution in [0.4, 0.5) is 0 Å². The smallest absolute Gasteiger partial charge is 0.328 e. The van der Waals surface area contributed by atoms with Crippen LogP contribution in [-0.2, 0) is 9.59 Å². The van der Waals surface area contributed by atoms with Gasteiger partial charge in [0.2, 0.25) is 5.91 Å². The molecule has 0 aromatic heterocycles. The fourth-order valence-corrected chi connectivity index (χ4v) is 1.53. The number of aliphatic carboxylic acids is 1. The maximum Gasteiger partial charge on any atom is 0.328 e. The number of hydrogen-bond donors (Lipinski definition) is 3. The van der Waals surface area contributed by atoms with Crippen LogP contribution in [0.1, 0.15) is 5.56 Å². The Balaban J connectivity index is 2.76. The molecule has 0 aliphatic carbocycles. The van der Waals surface area contributed by atoms with Gasteiger partial charge in [0.15, 0.2) is 17.5 Å². The van der Waals surface area contributed by atoms with Crippen LogP contribution in [-0.4, -0.2) is 49.0 Å². The summed E-state index contributed by atoms with van der Waals surface area (Å²) in [7, 11) is 3.01. The topological polar surface area (TPSA) is 105 Å². The summed E-state index contributed by atoms with van der Waals surface area (Å²) >= 11 is 0. The lowest BCUT2D eigenvalue weighted by molar-refractivity contribution is -0.142.